The fourth-order valence-electron chi connectivity index (χ4n) is 1.51. The third-order valence-electron chi connectivity index (χ3n) is 2.29. The molecule has 2 unspecified atom stereocenters. The summed E-state index contributed by atoms with van der Waals surface area (Å²) in [5.41, 5.74) is 5.75. The lowest BCUT2D eigenvalue weighted by molar-refractivity contribution is 0.0588. The molecule has 5 heteroatoms. The number of sulfone groups is 1. The molecule has 0 heterocycles. The van der Waals surface area contributed by atoms with Crippen LogP contribution in [0.2, 0.25) is 0 Å². The number of hydrogen-bond donors (Lipinski definition) is 1. The van der Waals surface area contributed by atoms with Crippen LogP contribution in [-0.4, -0.2) is 39.2 Å². The van der Waals surface area contributed by atoms with Crippen molar-refractivity contribution in [3.8, 4) is 0 Å². The molecule has 4 nitrogen and oxygen atoms in total. The van der Waals surface area contributed by atoms with Gasteiger partial charge in [0.15, 0.2) is 0 Å². The first-order valence-corrected chi connectivity index (χ1v) is 6.60. The van der Waals surface area contributed by atoms with Gasteiger partial charge < -0.3 is 10.5 Å². The average Bonchev–Trinajstić information content (AvgIpc) is 2.34. The zero-order valence-corrected chi connectivity index (χ0v) is 8.72. The van der Waals surface area contributed by atoms with Crippen molar-refractivity contribution in [2.45, 2.75) is 31.4 Å². The van der Waals surface area contributed by atoms with E-state index in [0.29, 0.717) is 0 Å². The largest absolute Gasteiger partial charge is 0.376 e. The van der Waals surface area contributed by atoms with Crippen LogP contribution in [0, 0.1) is 0 Å². The second-order valence-corrected chi connectivity index (χ2v) is 5.89. The molecule has 78 valence electrons. The highest BCUT2D eigenvalue weighted by atomic mass is 32.2. The zero-order valence-electron chi connectivity index (χ0n) is 7.90. The molecule has 1 rings (SSSR count). The fraction of sp³-hybridized carbons (Fsp3) is 1.00. The van der Waals surface area contributed by atoms with E-state index in [-0.39, 0.29) is 24.5 Å². The van der Waals surface area contributed by atoms with E-state index in [1.54, 1.807) is 0 Å². The number of ether oxygens (including phenoxy) is 1. The summed E-state index contributed by atoms with van der Waals surface area (Å²) in [6.45, 7) is 0.275. The molecular weight excluding hydrogens is 190 g/mol. The standard InChI is InChI=1S/C8H17NO3S/c1-13(10,11)6-5-12-8-4-2-3-7(8)9/h7-8H,2-6,9H2,1H3. The number of hydrogen-bond acceptors (Lipinski definition) is 4. The minimum Gasteiger partial charge on any atom is -0.376 e. The molecule has 0 aromatic rings. The first-order chi connectivity index (χ1) is 5.99. The van der Waals surface area contributed by atoms with Crippen LogP contribution >= 0.6 is 0 Å². The fourth-order valence-corrected chi connectivity index (χ4v) is 1.91. The van der Waals surface area contributed by atoms with Gasteiger partial charge in [-0.15, -0.1) is 0 Å². The van der Waals surface area contributed by atoms with E-state index in [1.165, 1.54) is 6.26 Å². The van der Waals surface area contributed by atoms with Crippen LogP contribution in [-0.2, 0) is 14.6 Å². The predicted molar refractivity (Wildman–Crippen MR) is 51.3 cm³/mol. The van der Waals surface area contributed by atoms with Crippen LogP contribution < -0.4 is 5.73 Å². The molecule has 0 amide bonds. The van der Waals surface area contributed by atoms with Gasteiger partial charge in [0.1, 0.15) is 9.84 Å². The molecule has 1 fully saturated rings. The molecule has 0 aromatic carbocycles. The van der Waals surface area contributed by atoms with Crippen LogP contribution in [0.5, 0.6) is 0 Å². The van der Waals surface area contributed by atoms with Crippen molar-refractivity contribution in [1.82, 2.24) is 0 Å². The molecule has 1 aliphatic carbocycles. The lowest BCUT2D eigenvalue weighted by atomic mass is 10.2. The molecule has 1 saturated carbocycles. The van der Waals surface area contributed by atoms with Gasteiger partial charge in [-0.05, 0) is 19.3 Å². The van der Waals surface area contributed by atoms with Crippen molar-refractivity contribution in [2.24, 2.45) is 5.73 Å². The summed E-state index contributed by atoms with van der Waals surface area (Å²) in [5.74, 6) is 0.0935. The van der Waals surface area contributed by atoms with Crippen LogP contribution in [0.25, 0.3) is 0 Å². The van der Waals surface area contributed by atoms with E-state index in [2.05, 4.69) is 0 Å². The topological polar surface area (TPSA) is 69.4 Å². The highest BCUT2D eigenvalue weighted by Crippen LogP contribution is 2.19. The molecule has 0 radical (unpaired) electrons. The summed E-state index contributed by atoms with van der Waals surface area (Å²) < 4.78 is 26.9. The van der Waals surface area contributed by atoms with E-state index < -0.39 is 9.84 Å². The minimum absolute atomic E-state index is 0.0711. The molecule has 0 spiro atoms. The normalized spacial score (nSPS) is 29.4. The Bertz CT molecular complexity index is 250. The van der Waals surface area contributed by atoms with Crippen molar-refractivity contribution in [1.29, 1.82) is 0 Å². The lowest BCUT2D eigenvalue weighted by Crippen LogP contribution is -2.32. The molecule has 0 bridgehead atoms. The second kappa shape index (κ2) is 4.39. The molecule has 0 saturated heterocycles. The van der Waals surface area contributed by atoms with Gasteiger partial charge in [0, 0.05) is 12.3 Å². The van der Waals surface area contributed by atoms with E-state index in [9.17, 15) is 8.42 Å². The Morgan fingerprint density at radius 2 is 2.15 bits per heavy atom. The van der Waals surface area contributed by atoms with Gasteiger partial charge >= 0.3 is 0 Å². The van der Waals surface area contributed by atoms with Crippen molar-refractivity contribution in [2.75, 3.05) is 18.6 Å². The van der Waals surface area contributed by atoms with Gasteiger partial charge in [-0.3, -0.25) is 0 Å². The lowest BCUT2D eigenvalue weighted by Gasteiger charge is -2.15. The smallest absolute Gasteiger partial charge is 0.149 e. The highest BCUT2D eigenvalue weighted by Gasteiger charge is 2.24. The Balaban J connectivity index is 2.19. The van der Waals surface area contributed by atoms with Crippen LogP contribution in [0.3, 0.4) is 0 Å². The van der Waals surface area contributed by atoms with E-state index >= 15 is 0 Å². The SMILES string of the molecule is CS(=O)(=O)CCOC1CCCC1N. The van der Waals surface area contributed by atoms with Gasteiger partial charge in [0.2, 0.25) is 0 Å². The summed E-state index contributed by atoms with van der Waals surface area (Å²) in [6, 6.07) is 0.0968. The van der Waals surface area contributed by atoms with Gasteiger partial charge in [0.25, 0.3) is 0 Å². The Kier molecular flexibility index (Phi) is 3.70. The zero-order chi connectivity index (χ0) is 9.90. The number of nitrogens with two attached hydrogens (primary N) is 1. The summed E-state index contributed by atoms with van der Waals surface area (Å²) >= 11 is 0. The Morgan fingerprint density at radius 3 is 2.62 bits per heavy atom. The molecule has 2 N–H and O–H groups in total. The van der Waals surface area contributed by atoms with Crippen molar-refractivity contribution in [3.63, 3.8) is 0 Å². The van der Waals surface area contributed by atoms with Gasteiger partial charge in [0.05, 0.1) is 18.5 Å². The van der Waals surface area contributed by atoms with E-state index in [4.69, 9.17) is 10.5 Å². The van der Waals surface area contributed by atoms with Gasteiger partial charge in [-0.2, -0.15) is 0 Å². The molecule has 0 aliphatic heterocycles. The maximum atomic E-state index is 10.8. The Labute approximate surface area is 79.4 Å². The monoisotopic (exact) mass is 207 g/mol. The Hall–Kier alpha value is -0.130. The minimum atomic E-state index is -2.90. The van der Waals surface area contributed by atoms with Crippen molar-refractivity contribution < 1.29 is 13.2 Å². The number of rotatable bonds is 4. The Morgan fingerprint density at radius 1 is 1.46 bits per heavy atom. The van der Waals surface area contributed by atoms with Gasteiger partial charge in [-0.25, -0.2) is 8.42 Å². The third-order valence-corrected chi connectivity index (χ3v) is 3.20. The van der Waals surface area contributed by atoms with Gasteiger partial charge in [-0.1, -0.05) is 0 Å². The highest BCUT2D eigenvalue weighted by molar-refractivity contribution is 7.90. The molecule has 2 atom stereocenters. The average molecular weight is 207 g/mol. The molecule has 1 aliphatic rings. The van der Waals surface area contributed by atoms with Crippen molar-refractivity contribution >= 4 is 9.84 Å². The summed E-state index contributed by atoms with van der Waals surface area (Å²) in [7, 11) is -2.90. The summed E-state index contributed by atoms with van der Waals surface area (Å²) in [6.07, 6.45) is 4.33. The van der Waals surface area contributed by atoms with E-state index in [0.717, 1.165) is 19.3 Å². The second-order valence-electron chi connectivity index (χ2n) is 3.63. The first-order valence-electron chi connectivity index (χ1n) is 4.54. The van der Waals surface area contributed by atoms with Crippen LogP contribution in [0.15, 0.2) is 0 Å². The molecule has 0 aromatic heterocycles. The third kappa shape index (κ3) is 4.06. The first kappa shape index (κ1) is 10.9. The van der Waals surface area contributed by atoms with Crippen molar-refractivity contribution in [3.05, 3.63) is 0 Å². The molecule has 13 heavy (non-hydrogen) atoms. The maximum Gasteiger partial charge on any atom is 0.149 e. The van der Waals surface area contributed by atoms with Crippen LogP contribution in [0.4, 0.5) is 0 Å². The van der Waals surface area contributed by atoms with E-state index in [1.807, 2.05) is 0 Å². The maximum absolute atomic E-state index is 10.8. The molecular formula is C8H17NO3S. The van der Waals surface area contributed by atoms with Crippen LogP contribution in [0.1, 0.15) is 19.3 Å². The predicted octanol–water partition coefficient (Wildman–Crippen LogP) is -0.0726. The quantitative estimate of drug-likeness (QED) is 0.700. The summed E-state index contributed by atoms with van der Waals surface area (Å²) in [5, 5.41) is 0. The summed E-state index contributed by atoms with van der Waals surface area (Å²) in [4.78, 5) is 0.